The van der Waals surface area contributed by atoms with E-state index in [1.807, 2.05) is 24.5 Å². The van der Waals surface area contributed by atoms with E-state index in [1.54, 1.807) is 6.07 Å². The van der Waals surface area contributed by atoms with Crippen molar-refractivity contribution in [2.45, 2.75) is 5.16 Å². The Hall–Kier alpha value is -1.33. The molecule has 0 saturated heterocycles. The molecule has 2 rings (SSSR count). The minimum absolute atomic E-state index is 0.493. The van der Waals surface area contributed by atoms with Gasteiger partial charge < -0.3 is 5.32 Å². The number of nitrogens with zero attached hydrogens (tertiary/aromatic N) is 3. The van der Waals surface area contributed by atoms with Gasteiger partial charge in [0.1, 0.15) is 6.33 Å². The molecule has 2 aromatic rings. The third kappa shape index (κ3) is 2.62. The number of aromatic nitrogens is 3. The van der Waals surface area contributed by atoms with Crippen LogP contribution in [0.3, 0.4) is 0 Å². The van der Waals surface area contributed by atoms with Crippen molar-refractivity contribution in [3.8, 4) is 0 Å². The molecule has 0 aliphatic rings. The molecule has 0 atom stereocenters. The molecule has 82 valence electrons. The first-order valence-electron chi connectivity index (χ1n) is 4.54. The Balaban J connectivity index is 2.24. The molecule has 0 aliphatic carbocycles. The van der Waals surface area contributed by atoms with Crippen LogP contribution in [0.5, 0.6) is 0 Å². The van der Waals surface area contributed by atoms with Crippen LogP contribution in [0.4, 0.5) is 11.6 Å². The fourth-order valence-corrected chi connectivity index (χ4v) is 1.64. The summed E-state index contributed by atoms with van der Waals surface area (Å²) < 4.78 is 0. The minimum Gasteiger partial charge on any atom is -0.323 e. The molecule has 0 amide bonds. The topological polar surface area (TPSA) is 50.7 Å². The summed E-state index contributed by atoms with van der Waals surface area (Å²) in [6.45, 7) is 0. The number of hydrogen-bond donors (Lipinski definition) is 1. The highest BCUT2D eigenvalue weighted by Gasteiger charge is 2.02. The Morgan fingerprint density at radius 3 is 2.81 bits per heavy atom. The lowest BCUT2D eigenvalue weighted by atomic mass is 10.3. The van der Waals surface area contributed by atoms with Crippen molar-refractivity contribution in [3.05, 3.63) is 35.6 Å². The van der Waals surface area contributed by atoms with E-state index in [0.29, 0.717) is 16.1 Å². The summed E-state index contributed by atoms with van der Waals surface area (Å²) in [7, 11) is 0. The summed E-state index contributed by atoms with van der Waals surface area (Å²) in [4.78, 5) is 12.2. The van der Waals surface area contributed by atoms with Gasteiger partial charge in [0.25, 0.3) is 0 Å². The van der Waals surface area contributed by atoms with E-state index in [4.69, 9.17) is 11.6 Å². The summed E-state index contributed by atoms with van der Waals surface area (Å²) in [5, 5.41) is 4.34. The normalized spacial score (nSPS) is 10.1. The predicted octanol–water partition coefficient (Wildman–Crippen LogP) is 2.99. The minimum atomic E-state index is 0.493. The van der Waals surface area contributed by atoms with Gasteiger partial charge in [0, 0.05) is 0 Å². The standard InChI is InChI=1S/C10H9ClN4S/c1-16-10-13-6-12-9(15-10)14-8-5-3-2-4-7(8)11/h2-6H,1H3,(H,12,13,14,15). The van der Waals surface area contributed by atoms with E-state index < -0.39 is 0 Å². The molecular weight excluding hydrogens is 244 g/mol. The Morgan fingerprint density at radius 1 is 1.25 bits per heavy atom. The highest BCUT2D eigenvalue weighted by atomic mass is 35.5. The van der Waals surface area contributed by atoms with Gasteiger partial charge in [-0.1, -0.05) is 35.5 Å². The number of rotatable bonds is 3. The smallest absolute Gasteiger partial charge is 0.231 e. The zero-order valence-corrected chi connectivity index (χ0v) is 10.1. The van der Waals surface area contributed by atoms with Crippen LogP contribution in [0.1, 0.15) is 0 Å². The first-order chi connectivity index (χ1) is 7.79. The van der Waals surface area contributed by atoms with Gasteiger partial charge in [0.15, 0.2) is 5.16 Å². The molecule has 0 aliphatic heterocycles. The number of thioether (sulfide) groups is 1. The second-order valence-corrected chi connectivity index (χ2v) is 4.08. The van der Waals surface area contributed by atoms with E-state index in [9.17, 15) is 0 Å². The molecular formula is C10H9ClN4S. The zero-order chi connectivity index (χ0) is 11.4. The first kappa shape index (κ1) is 11.2. The average Bonchev–Trinajstić information content (AvgIpc) is 2.32. The number of nitrogens with one attached hydrogen (secondary N) is 1. The maximum absolute atomic E-state index is 6.01. The van der Waals surface area contributed by atoms with Crippen molar-refractivity contribution in [1.82, 2.24) is 15.0 Å². The SMILES string of the molecule is CSc1ncnc(Nc2ccccc2Cl)n1. The number of anilines is 2. The van der Waals surface area contributed by atoms with Crippen molar-refractivity contribution in [1.29, 1.82) is 0 Å². The van der Waals surface area contributed by atoms with Gasteiger partial charge in [-0.15, -0.1) is 0 Å². The Kier molecular flexibility index (Phi) is 3.58. The van der Waals surface area contributed by atoms with E-state index in [-0.39, 0.29) is 0 Å². The number of halogens is 1. The lowest BCUT2D eigenvalue weighted by Crippen LogP contribution is -1.99. The van der Waals surface area contributed by atoms with Gasteiger partial charge in [-0.05, 0) is 18.4 Å². The molecule has 0 fully saturated rings. The maximum atomic E-state index is 6.01. The number of hydrogen-bond acceptors (Lipinski definition) is 5. The summed E-state index contributed by atoms with van der Waals surface area (Å²) in [5.74, 6) is 0.493. The first-order valence-corrected chi connectivity index (χ1v) is 6.14. The van der Waals surface area contributed by atoms with Crippen LogP contribution in [0, 0.1) is 0 Å². The van der Waals surface area contributed by atoms with Crippen LogP contribution in [-0.4, -0.2) is 21.2 Å². The van der Waals surface area contributed by atoms with Crippen molar-refractivity contribution >= 4 is 35.0 Å². The van der Waals surface area contributed by atoms with Crippen molar-refractivity contribution < 1.29 is 0 Å². The molecule has 4 nitrogen and oxygen atoms in total. The van der Waals surface area contributed by atoms with Crippen LogP contribution in [0.2, 0.25) is 5.02 Å². The van der Waals surface area contributed by atoms with Gasteiger partial charge in [-0.2, -0.15) is 4.98 Å². The van der Waals surface area contributed by atoms with Gasteiger partial charge in [-0.25, -0.2) is 9.97 Å². The third-order valence-corrected chi connectivity index (χ3v) is 2.74. The molecule has 1 N–H and O–H groups in total. The molecule has 0 saturated carbocycles. The molecule has 0 unspecified atom stereocenters. The third-order valence-electron chi connectivity index (χ3n) is 1.85. The fourth-order valence-electron chi connectivity index (χ4n) is 1.12. The zero-order valence-electron chi connectivity index (χ0n) is 8.51. The quantitative estimate of drug-likeness (QED) is 0.851. The largest absolute Gasteiger partial charge is 0.323 e. The highest BCUT2D eigenvalue weighted by molar-refractivity contribution is 7.98. The average molecular weight is 253 g/mol. The summed E-state index contributed by atoms with van der Waals surface area (Å²) in [6.07, 6.45) is 3.38. The summed E-state index contributed by atoms with van der Waals surface area (Å²) in [5.41, 5.74) is 0.780. The lowest BCUT2D eigenvalue weighted by Gasteiger charge is -2.06. The molecule has 6 heteroatoms. The fraction of sp³-hybridized carbons (Fsp3) is 0.100. The molecule has 0 spiro atoms. The molecule has 1 heterocycles. The van der Waals surface area contributed by atoms with E-state index >= 15 is 0 Å². The van der Waals surface area contributed by atoms with Crippen LogP contribution in [0.25, 0.3) is 0 Å². The number of benzene rings is 1. The Labute approximate surface area is 102 Å². The van der Waals surface area contributed by atoms with Crippen molar-refractivity contribution in [2.24, 2.45) is 0 Å². The van der Waals surface area contributed by atoms with Crippen molar-refractivity contribution in [2.75, 3.05) is 11.6 Å². The van der Waals surface area contributed by atoms with Crippen molar-refractivity contribution in [3.63, 3.8) is 0 Å². The van der Waals surface area contributed by atoms with Gasteiger partial charge >= 0.3 is 0 Å². The number of para-hydroxylation sites is 1. The second kappa shape index (κ2) is 5.14. The van der Waals surface area contributed by atoms with Gasteiger partial charge in [-0.3, -0.25) is 0 Å². The Bertz CT molecular complexity index is 492. The summed E-state index contributed by atoms with van der Waals surface area (Å²) >= 11 is 7.47. The second-order valence-electron chi connectivity index (χ2n) is 2.90. The lowest BCUT2D eigenvalue weighted by molar-refractivity contribution is 0.913. The Morgan fingerprint density at radius 2 is 2.06 bits per heavy atom. The monoisotopic (exact) mass is 252 g/mol. The van der Waals surface area contributed by atoms with Crippen LogP contribution < -0.4 is 5.32 Å². The predicted molar refractivity (Wildman–Crippen MR) is 66.3 cm³/mol. The molecule has 0 bridgehead atoms. The van der Waals surface area contributed by atoms with Gasteiger partial charge in [0.05, 0.1) is 10.7 Å². The highest BCUT2D eigenvalue weighted by Crippen LogP contribution is 2.23. The van der Waals surface area contributed by atoms with Crippen LogP contribution in [0.15, 0.2) is 35.7 Å². The van der Waals surface area contributed by atoms with Crippen LogP contribution in [-0.2, 0) is 0 Å². The van der Waals surface area contributed by atoms with Crippen LogP contribution >= 0.6 is 23.4 Å². The van der Waals surface area contributed by atoms with E-state index in [1.165, 1.54) is 18.1 Å². The molecule has 16 heavy (non-hydrogen) atoms. The molecule has 1 aromatic carbocycles. The molecule has 0 radical (unpaired) electrons. The van der Waals surface area contributed by atoms with Gasteiger partial charge in [0.2, 0.25) is 5.95 Å². The van der Waals surface area contributed by atoms with E-state index in [2.05, 4.69) is 20.3 Å². The maximum Gasteiger partial charge on any atom is 0.231 e. The molecule has 1 aromatic heterocycles. The summed E-state index contributed by atoms with van der Waals surface area (Å²) in [6, 6.07) is 7.44. The van der Waals surface area contributed by atoms with E-state index in [0.717, 1.165) is 5.69 Å².